The van der Waals surface area contributed by atoms with Gasteiger partial charge in [0.05, 0.1) is 19.3 Å². The number of ether oxygens (including phenoxy) is 1. The van der Waals surface area contributed by atoms with Gasteiger partial charge in [-0.05, 0) is 39.9 Å². The molecule has 0 bridgehead atoms. The number of hydrogen-bond acceptors (Lipinski definition) is 5. The molecule has 7 heteroatoms. The average Bonchev–Trinajstić information content (AvgIpc) is 3.21. The Labute approximate surface area is 198 Å². The molecule has 0 saturated carbocycles. The summed E-state index contributed by atoms with van der Waals surface area (Å²) in [6.45, 7) is 0.286. The first kappa shape index (κ1) is 23.5. The standard InChI is InChI=1S/C27H28N2O5/c1-34-22-7-4-6-20(15-22)19-11-9-18(10-12-19)17-29(26(32)14-13-25(31)28-33)27-23-8-3-2-5-21(23)16-24(27)30/h2-12,15,24,27,30,33H,13-14,16-17H2,1H3,(H,28,31)/t24-,27+/m1/s1. The van der Waals surface area contributed by atoms with Crippen molar-refractivity contribution in [2.24, 2.45) is 0 Å². The molecule has 0 heterocycles. The summed E-state index contributed by atoms with van der Waals surface area (Å²) >= 11 is 0. The molecule has 1 aliphatic rings. The molecule has 2 amide bonds. The van der Waals surface area contributed by atoms with Crippen molar-refractivity contribution < 1.29 is 24.6 Å². The van der Waals surface area contributed by atoms with Crippen LogP contribution >= 0.6 is 0 Å². The Bertz CT molecular complexity index is 1160. The van der Waals surface area contributed by atoms with Crippen LogP contribution in [0.4, 0.5) is 0 Å². The van der Waals surface area contributed by atoms with Crippen LogP contribution in [-0.2, 0) is 22.6 Å². The SMILES string of the molecule is COc1cccc(-c2ccc(CN(C(=O)CCC(=O)NO)[C@H]3c4ccccc4C[C@H]3O)cc2)c1. The lowest BCUT2D eigenvalue weighted by Gasteiger charge is -2.32. The summed E-state index contributed by atoms with van der Waals surface area (Å²) in [5.41, 5.74) is 6.45. The second kappa shape index (κ2) is 10.5. The van der Waals surface area contributed by atoms with Crippen LogP contribution in [0.3, 0.4) is 0 Å². The number of carbonyl (C=O) groups is 2. The molecule has 2 atom stereocenters. The van der Waals surface area contributed by atoms with Crippen molar-refractivity contribution in [3.05, 3.63) is 89.5 Å². The highest BCUT2D eigenvalue weighted by molar-refractivity contribution is 5.83. The minimum absolute atomic E-state index is 0.0698. The van der Waals surface area contributed by atoms with E-state index in [1.54, 1.807) is 17.5 Å². The van der Waals surface area contributed by atoms with Gasteiger partial charge in [-0.15, -0.1) is 0 Å². The molecule has 3 N–H and O–H groups in total. The summed E-state index contributed by atoms with van der Waals surface area (Å²) in [4.78, 5) is 26.4. The summed E-state index contributed by atoms with van der Waals surface area (Å²) < 4.78 is 5.31. The fourth-order valence-electron chi connectivity index (χ4n) is 4.49. The molecule has 0 aliphatic heterocycles. The van der Waals surface area contributed by atoms with Gasteiger partial charge in [-0.1, -0.05) is 60.7 Å². The van der Waals surface area contributed by atoms with Crippen molar-refractivity contribution in [1.29, 1.82) is 0 Å². The lowest BCUT2D eigenvalue weighted by Crippen LogP contribution is -2.39. The van der Waals surface area contributed by atoms with Gasteiger partial charge in [0.1, 0.15) is 5.75 Å². The number of benzene rings is 3. The number of hydrogen-bond donors (Lipinski definition) is 3. The Kier molecular flexibility index (Phi) is 7.25. The number of amides is 2. The molecule has 0 aromatic heterocycles. The van der Waals surface area contributed by atoms with Gasteiger partial charge in [0.25, 0.3) is 0 Å². The van der Waals surface area contributed by atoms with E-state index >= 15 is 0 Å². The van der Waals surface area contributed by atoms with Gasteiger partial charge in [0.2, 0.25) is 11.8 Å². The molecule has 3 aromatic carbocycles. The Hall–Kier alpha value is -3.68. The van der Waals surface area contributed by atoms with Gasteiger partial charge in [0, 0.05) is 25.8 Å². The first-order valence-electron chi connectivity index (χ1n) is 11.2. The average molecular weight is 461 g/mol. The lowest BCUT2D eigenvalue weighted by atomic mass is 10.0. The largest absolute Gasteiger partial charge is 0.497 e. The Morgan fingerprint density at radius 2 is 1.76 bits per heavy atom. The number of fused-ring (bicyclic) bond motifs is 1. The molecule has 3 aromatic rings. The number of aliphatic hydroxyl groups excluding tert-OH is 1. The summed E-state index contributed by atoms with van der Waals surface area (Å²) in [6, 6.07) is 22.9. The highest BCUT2D eigenvalue weighted by Gasteiger charge is 2.37. The van der Waals surface area contributed by atoms with E-state index in [0.717, 1.165) is 33.6 Å². The van der Waals surface area contributed by atoms with E-state index in [-0.39, 0.29) is 25.3 Å². The van der Waals surface area contributed by atoms with E-state index in [1.165, 1.54) is 0 Å². The highest BCUT2D eigenvalue weighted by Crippen LogP contribution is 2.37. The number of nitrogens with zero attached hydrogens (tertiary/aromatic N) is 1. The van der Waals surface area contributed by atoms with Crippen LogP contribution in [0.1, 0.15) is 35.6 Å². The summed E-state index contributed by atoms with van der Waals surface area (Å²) in [5.74, 6) is -0.108. The number of hydroxylamine groups is 1. The number of rotatable bonds is 8. The minimum Gasteiger partial charge on any atom is -0.497 e. The Balaban J connectivity index is 1.59. The Morgan fingerprint density at radius 3 is 2.50 bits per heavy atom. The maximum atomic E-state index is 13.2. The third-order valence-corrected chi connectivity index (χ3v) is 6.22. The predicted molar refractivity (Wildman–Crippen MR) is 127 cm³/mol. The van der Waals surface area contributed by atoms with Crippen molar-refractivity contribution in [1.82, 2.24) is 10.4 Å². The maximum absolute atomic E-state index is 13.2. The molecular weight excluding hydrogens is 432 g/mol. The van der Waals surface area contributed by atoms with Gasteiger partial charge in [-0.2, -0.15) is 0 Å². The second-order valence-corrected chi connectivity index (χ2v) is 8.40. The van der Waals surface area contributed by atoms with E-state index in [9.17, 15) is 14.7 Å². The van der Waals surface area contributed by atoms with E-state index < -0.39 is 18.1 Å². The maximum Gasteiger partial charge on any atom is 0.243 e. The summed E-state index contributed by atoms with van der Waals surface area (Å²) in [5, 5.41) is 19.6. The van der Waals surface area contributed by atoms with E-state index in [4.69, 9.17) is 9.94 Å². The minimum atomic E-state index is -0.732. The van der Waals surface area contributed by atoms with Crippen LogP contribution < -0.4 is 10.2 Å². The normalized spacial score (nSPS) is 16.6. The lowest BCUT2D eigenvalue weighted by molar-refractivity contribution is -0.140. The molecular formula is C27H28N2O5. The zero-order valence-electron chi connectivity index (χ0n) is 19.0. The van der Waals surface area contributed by atoms with Gasteiger partial charge in [-0.25, -0.2) is 5.48 Å². The first-order valence-corrected chi connectivity index (χ1v) is 11.2. The van der Waals surface area contributed by atoms with Gasteiger partial charge in [0.15, 0.2) is 0 Å². The smallest absolute Gasteiger partial charge is 0.243 e. The van der Waals surface area contributed by atoms with Crippen LogP contribution in [0.15, 0.2) is 72.8 Å². The summed E-state index contributed by atoms with van der Waals surface area (Å²) in [6.07, 6.45) is -0.467. The molecule has 0 unspecified atom stereocenters. The molecule has 7 nitrogen and oxygen atoms in total. The molecule has 0 saturated heterocycles. The molecule has 0 radical (unpaired) electrons. The molecule has 4 rings (SSSR count). The van der Waals surface area contributed by atoms with Gasteiger partial charge >= 0.3 is 0 Å². The van der Waals surface area contributed by atoms with Crippen molar-refractivity contribution in [3.63, 3.8) is 0 Å². The molecule has 0 spiro atoms. The number of aliphatic hydroxyl groups is 1. The van der Waals surface area contributed by atoms with Crippen molar-refractivity contribution in [3.8, 4) is 16.9 Å². The molecule has 0 fully saturated rings. The Morgan fingerprint density at radius 1 is 1.00 bits per heavy atom. The quantitative estimate of drug-likeness (QED) is 0.352. The fraction of sp³-hybridized carbons (Fsp3) is 0.259. The number of methoxy groups -OCH3 is 1. The van der Waals surface area contributed by atoms with E-state index in [1.807, 2.05) is 72.8 Å². The molecule has 176 valence electrons. The third-order valence-electron chi connectivity index (χ3n) is 6.22. The summed E-state index contributed by atoms with van der Waals surface area (Å²) in [7, 11) is 1.63. The van der Waals surface area contributed by atoms with Crippen LogP contribution in [0, 0.1) is 0 Å². The topological polar surface area (TPSA) is 99.1 Å². The van der Waals surface area contributed by atoms with Crippen molar-refractivity contribution >= 4 is 11.8 Å². The zero-order chi connectivity index (χ0) is 24.1. The highest BCUT2D eigenvalue weighted by atomic mass is 16.5. The number of nitrogens with one attached hydrogen (secondary N) is 1. The molecule has 34 heavy (non-hydrogen) atoms. The van der Waals surface area contributed by atoms with Crippen LogP contribution in [-0.4, -0.2) is 40.2 Å². The second-order valence-electron chi connectivity index (χ2n) is 8.40. The van der Waals surface area contributed by atoms with Crippen LogP contribution in [0.5, 0.6) is 5.75 Å². The van der Waals surface area contributed by atoms with Gasteiger partial charge in [-0.3, -0.25) is 14.8 Å². The van der Waals surface area contributed by atoms with Crippen molar-refractivity contribution in [2.75, 3.05) is 7.11 Å². The monoisotopic (exact) mass is 460 g/mol. The van der Waals surface area contributed by atoms with Crippen molar-refractivity contribution in [2.45, 2.75) is 38.0 Å². The third kappa shape index (κ3) is 5.11. The first-order chi connectivity index (χ1) is 16.5. The van der Waals surface area contributed by atoms with E-state index in [2.05, 4.69) is 0 Å². The molecule has 1 aliphatic carbocycles. The van der Waals surface area contributed by atoms with Crippen LogP contribution in [0.25, 0.3) is 11.1 Å². The zero-order valence-corrected chi connectivity index (χ0v) is 19.0. The predicted octanol–water partition coefficient (Wildman–Crippen LogP) is 3.63. The van der Waals surface area contributed by atoms with E-state index in [0.29, 0.717) is 6.42 Å². The van der Waals surface area contributed by atoms with Gasteiger partial charge < -0.3 is 14.7 Å². The number of carbonyl (C=O) groups excluding carboxylic acids is 2. The van der Waals surface area contributed by atoms with Crippen LogP contribution in [0.2, 0.25) is 0 Å². The fourth-order valence-corrected chi connectivity index (χ4v) is 4.49.